The molecule has 0 saturated heterocycles. The van der Waals surface area contributed by atoms with Crippen molar-refractivity contribution in [2.75, 3.05) is 13.1 Å². The van der Waals surface area contributed by atoms with Crippen molar-refractivity contribution in [2.45, 2.75) is 25.9 Å². The number of nitrogens with one attached hydrogen (secondary N) is 2. The summed E-state index contributed by atoms with van der Waals surface area (Å²) in [6.45, 7) is 2.24. The van der Waals surface area contributed by atoms with Gasteiger partial charge in [-0.25, -0.2) is 0 Å². The quantitative estimate of drug-likeness (QED) is 0.308. The summed E-state index contributed by atoms with van der Waals surface area (Å²) in [5.41, 5.74) is 2.78. The zero-order chi connectivity index (χ0) is 26.0. The number of hydrogen-bond acceptors (Lipinski definition) is 5. The zero-order valence-electron chi connectivity index (χ0n) is 20.6. The number of carbonyl (C=O) groups is 3. The fourth-order valence-electron chi connectivity index (χ4n) is 3.95. The summed E-state index contributed by atoms with van der Waals surface area (Å²) in [6, 6.07) is 23.5. The molecule has 37 heavy (non-hydrogen) atoms. The summed E-state index contributed by atoms with van der Waals surface area (Å²) in [7, 11) is 0. The molecule has 1 atom stereocenters. The van der Waals surface area contributed by atoms with Gasteiger partial charge in [0, 0.05) is 6.54 Å². The van der Waals surface area contributed by atoms with Crippen molar-refractivity contribution in [3.8, 4) is 0 Å². The smallest absolute Gasteiger partial charge is 0.261 e. The maximum atomic E-state index is 13.6. The summed E-state index contributed by atoms with van der Waals surface area (Å²) in [4.78, 5) is 41.7. The fraction of sp³-hybridized carbons (Fsp3) is 0.207. The SMILES string of the molecule is Cc1ccc([C@H](C(=O)NCc2ccco2)N(CCc2ccccc2)C(=O)CNC(=O)c2cccs2)cc1. The van der Waals surface area contributed by atoms with E-state index in [0.717, 1.165) is 11.1 Å². The van der Waals surface area contributed by atoms with Gasteiger partial charge < -0.3 is 20.0 Å². The van der Waals surface area contributed by atoms with E-state index in [1.165, 1.54) is 11.3 Å². The highest BCUT2D eigenvalue weighted by molar-refractivity contribution is 7.12. The Kier molecular flexibility index (Phi) is 8.89. The van der Waals surface area contributed by atoms with Crippen LogP contribution in [0.2, 0.25) is 0 Å². The van der Waals surface area contributed by atoms with Crippen molar-refractivity contribution in [3.05, 3.63) is 118 Å². The second kappa shape index (κ2) is 12.7. The Morgan fingerprint density at radius 1 is 0.919 bits per heavy atom. The van der Waals surface area contributed by atoms with Gasteiger partial charge in [-0.05, 0) is 48.1 Å². The van der Waals surface area contributed by atoms with E-state index in [1.807, 2.05) is 61.5 Å². The molecule has 0 saturated carbocycles. The molecule has 0 bridgehead atoms. The molecule has 7 nitrogen and oxygen atoms in total. The van der Waals surface area contributed by atoms with Gasteiger partial charge in [0.25, 0.3) is 5.91 Å². The molecule has 0 fully saturated rings. The predicted octanol–water partition coefficient (Wildman–Crippen LogP) is 4.51. The first kappa shape index (κ1) is 25.9. The largest absolute Gasteiger partial charge is 0.467 e. The van der Waals surface area contributed by atoms with Crippen molar-refractivity contribution < 1.29 is 18.8 Å². The average Bonchev–Trinajstić information content (AvgIpc) is 3.64. The van der Waals surface area contributed by atoms with Crippen LogP contribution in [0.1, 0.15) is 38.2 Å². The minimum absolute atomic E-state index is 0.198. The molecular formula is C29H29N3O4S. The van der Waals surface area contributed by atoms with Gasteiger partial charge in [0.15, 0.2) is 0 Å². The van der Waals surface area contributed by atoms with E-state index in [4.69, 9.17) is 4.42 Å². The number of thiophene rings is 1. The van der Waals surface area contributed by atoms with Crippen LogP contribution in [0.3, 0.4) is 0 Å². The summed E-state index contributed by atoms with van der Waals surface area (Å²) < 4.78 is 5.36. The molecule has 2 aromatic heterocycles. The lowest BCUT2D eigenvalue weighted by Crippen LogP contribution is -2.48. The Labute approximate surface area is 220 Å². The normalized spacial score (nSPS) is 11.5. The van der Waals surface area contributed by atoms with Crippen molar-refractivity contribution in [1.29, 1.82) is 0 Å². The van der Waals surface area contributed by atoms with Crippen LogP contribution in [0.5, 0.6) is 0 Å². The van der Waals surface area contributed by atoms with Crippen molar-refractivity contribution in [2.24, 2.45) is 0 Å². The third-order valence-electron chi connectivity index (χ3n) is 5.92. The number of furan rings is 1. The van der Waals surface area contributed by atoms with Gasteiger partial charge in [-0.2, -0.15) is 0 Å². The van der Waals surface area contributed by atoms with E-state index >= 15 is 0 Å². The molecule has 3 amide bonds. The topological polar surface area (TPSA) is 91.7 Å². The van der Waals surface area contributed by atoms with Gasteiger partial charge in [0.1, 0.15) is 11.8 Å². The molecule has 4 rings (SSSR count). The molecular weight excluding hydrogens is 486 g/mol. The number of benzene rings is 2. The lowest BCUT2D eigenvalue weighted by Gasteiger charge is -2.31. The number of hydrogen-bond donors (Lipinski definition) is 2. The lowest BCUT2D eigenvalue weighted by molar-refractivity contribution is -0.140. The molecule has 4 aromatic rings. The van der Waals surface area contributed by atoms with Crippen LogP contribution in [0.15, 0.2) is 94.9 Å². The van der Waals surface area contributed by atoms with Crippen LogP contribution in [-0.2, 0) is 22.6 Å². The number of aryl methyl sites for hydroxylation is 1. The van der Waals surface area contributed by atoms with Gasteiger partial charge in [0.05, 0.1) is 24.2 Å². The van der Waals surface area contributed by atoms with E-state index in [-0.39, 0.29) is 30.8 Å². The number of nitrogens with zero attached hydrogens (tertiary/aromatic N) is 1. The van der Waals surface area contributed by atoms with Gasteiger partial charge in [-0.3, -0.25) is 14.4 Å². The molecule has 2 aromatic carbocycles. The fourth-order valence-corrected chi connectivity index (χ4v) is 4.59. The average molecular weight is 516 g/mol. The molecule has 0 radical (unpaired) electrons. The Morgan fingerprint density at radius 2 is 1.70 bits per heavy atom. The van der Waals surface area contributed by atoms with E-state index in [1.54, 1.807) is 40.8 Å². The summed E-state index contributed by atoms with van der Waals surface area (Å²) in [5.74, 6) is -0.382. The van der Waals surface area contributed by atoms with Crippen LogP contribution < -0.4 is 10.6 Å². The monoisotopic (exact) mass is 515 g/mol. The van der Waals surface area contributed by atoms with Crippen LogP contribution >= 0.6 is 11.3 Å². The van der Waals surface area contributed by atoms with E-state index in [2.05, 4.69) is 10.6 Å². The van der Waals surface area contributed by atoms with Gasteiger partial charge in [-0.15, -0.1) is 11.3 Å². The minimum Gasteiger partial charge on any atom is -0.467 e. The molecule has 0 aliphatic heterocycles. The second-order valence-corrected chi connectivity index (χ2v) is 9.54. The third-order valence-corrected chi connectivity index (χ3v) is 6.79. The first-order chi connectivity index (χ1) is 18.0. The first-order valence-electron chi connectivity index (χ1n) is 12.0. The Bertz CT molecular complexity index is 1290. The Hall–Kier alpha value is -4.17. The number of amides is 3. The highest BCUT2D eigenvalue weighted by atomic mass is 32.1. The van der Waals surface area contributed by atoms with Gasteiger partial charge in [-0.1, -0.05) is 66.2 Å². The molecule has 0 aliphatic rings. The van der Waals surface area contributed by atoms with Crippen molar-refractivity contribution in [3.63, 3.8) is 0 Å². The van der Waals surface area contributed by atoms with Crippen LogP contribution in [0.4, 0.5) is 0 Å². The second-order valence-electron chi connectivity index (χ2n) is 8.59. The predicted molar refractivity (Wildman–Crippen MR) is 143 cm³/mol. The number of carbonyl (C=O) groups excluding carboxylic acids is 3. The molecule has 8 heteroatoms. The lowest BCUT2D eigenvalue weighted by atomic mass is 10.0. The van der Waals surface area contributed by atoms with Crippen LogP contribution in [0.25, 0.3) is 0 Å². The van der Waals surface area contributed by atoms with Gasteiger partial charge in [0.2, 0.25) is 11.8 Å². The summed E-state index contributed by atoms with van der Waals surface area (Å²) in [5, 5.41) is 7.42. The standard InChI is InChI=1S/C29H29N3O4S/c1-21-11-13-23(14-12-21)27(29(35)30-19-24-9-5-17-36-24)32(16-15-22-7-3-2-4-8-22)26(33)20-31-28(34)25-10-6-18-37-25/h2-14,17-18,27H,15-16,19-20H2,1H3,(H,30,35)(H,31,34)/t27-/m1/s1. The van der Waals surface area contributed by atoms with Crippen molar-refractivity contribution >= 4 is 29.1 Å². The third kappa shape index (κ3) is 7.17. The Morgan fingerprint density at radius 3 is 2.38 bits per heavy atom. The highest BCUT2D eigenvalue weighted by Crippen LogP contribution is 2.23. The zero-order valence-corrected chi connectivity index (χ0v) is 21.4. The maximum absolute atomic E-state index is 13.6. The van der Waals surface area contributed by atoms with E-state index < -0.39 is 6.04 Å². The maximum Gasteiger partial charge on any atom is 0.261 e. The van der Waals surface area contributed by atoms with Gasteiger partial charge >= 0.3 is 0 Å². The number of rotatable bonds is 11. The van der Waals surface area contributed by atoms with Crippen molar-refractivity contribution in [1.82, 2.24) is 15.5 Å². The molecule has 190 valence electrons. The molecule has 2 heterocycles. The molecule has 0 aliphatic carbocycles. The van der Waals surface area contributed by atoms with Crippen LogP contribution in [0, 0.1) is 6.92 Å². The highest BCUT2D eigenvalue weighted by Gasteiger charge is 2.31. The Balaban J connectivity index is 1.59. The molecule has 0 spiro atoms. The summed E-state index contributed by atoms with van der Waals surface area (Å²) in [6.07, 6.45) is 2.10. The first-order valence-corrected chi connectivity index (χ1v) is 12.9. The van der Waals surface area contributed by atoms with Crippen LogP contribution in [-0.4, -0.2) is 35.7 Å². The van der Waals surface area contributed by atoms with E-state index in [0.29, 0.717) is 29.2 Å². The molecule has 0 unspecified atom stereocenters. The molecule has 2 N–H and O–H groups in total. The minimum atomic E-state index is -0.884. The van der Waals surface area contributed by atoms with E-state index in [9.17, 15) is 14.4 Å². The summed E-state index contributed by atoms with van der Waals surface area (Å²) >= 11 is 1.30.